The van der Waals surface area contributed by atoms with Crippen LogP contribution in [0.25, 0.3) is 0 Å². The normalized spacial score (nSPS) is 19.2. The summed E-state index contributed by atoms with van der Waals surface area (Å²) in [7, 11) is 1.99. The van der Waals surface area contributed by atoms with E-state index in [1.54, 1.807) is 14.2 Å². The van der Waals surface area contributed by atoms with Gasteiger partial charge < -0.3 is 14.8 Å². The SMILES string of the molecule is COc1cccc(CN(C)CC(=O)N[C@H]2CCS(=O)(=O)C2)c1OC. The van der Waals surface area contributed by atoms with Crippen molar-refractivity contribution in [3.05, 3.63) is 23.8 Å². The van der Waals surface area contributed by atoms with Crippen molar-refractivity contribution in [2.24, 2.45) is 0 Å². The van der Waals surface area contributed by atoms with Crippen LogP contribution in [0.5, 0.6) is 11.5 Å². The molecule has 0 bridgehead atoms. The van der Waals surface area contributed by atoms with Crippen molar-refractivity contribution in [2.75, 3.05) is 39.3 Å². The molecule has 2 rings (SSSR count). The minimum atomic E-state index is -2.99. The summed E-state index contributed by atoms with van der Waals surface area (Å²) >= 11 is 0. The topological polar surface area (TPSA) is 84.9 Å². The molecule has 0 aliphatic carbocycles. The van der Waals surface area contributed by atoms with E-state index < -0.39 is 9.84 Å². The quantitative estimate of drug-likeness (QED) is 0.763. The molecule has 1 aromatic rings. The number of hydrogen-bond acceptors (Lipinski definition) is 6. The van der Waals surface area contributed by atoms with Crippen LogP contribution in [0.2, 0.25) is 0 Å². The molecule has 0 aromatic heterocycles. The van der Waals surface area contributed by atoms with Gasteiger partial charge in [-0.15, -0.1) is 0 Å². The summed E-state index contributed by atoms with van der Waals surface area (Å²) in [5, 5.41) is 2.79. The van der Waals surface area contributed by atoms with E-state index in [-0.39, 0.29) is 30.0 Å². The van der Waals surface area contributed by atoms with Crippen molar-refractivity contribution in [3.8, 4) is 11.5 Å². The number of para-hydroxylation sites is 1. The van der Waals surface area contributed by atoms with E-state index in [1.165, 1.54) is 0 Å². The number of nitrogens with zero attached hydrogens (tertiary/aromatic N) is 1. The van der Waals surface area contributed by atoms with E-state index in [0.29, 0.717) is 24.5 Å². The lowest BCUT2D eigenvalue weighted by Crippen LogP contribution is -2.41. The van der Waals surface area contributed by atoms with Crippen LogP contribution in [0.15, 0.2) is 18.2 Å². The molecular weight excluding hydrogens is 332 g/mol. The zero-order valence-corrected chi connectivity index (χ0v) is 15.1. The highest BCUT2D eigenvalue weighted by Gasteiger charge is 2.29. The maximum absolute atomic E-state index is 12.1. The summed E-state index contributed by atoms with van der Waals surface area (Å²) in [6, 6.07) is 5.32. The molecule has 134 valence electrons. The summed E-state index contributed by atoms with van der Waals surface area (Å²) < 4.78 is 33.5. The van der Waals surface area contributed by atoms with Gasteiger partial charge in [-0.2, -0.15) is 0 Å². The Morgan fingerprint density at radius 1 is 1.33 bits per heavy atom. The molecule has 1 heterocycles. The van der Waals surface area contributed by atoms with Crippen molar-refractivity contribution >= 4 is 15.7 Å². The van der Waals surface area contributed by atoms with Gasteiger partial charge in [0.1, 0.15) is 0 Å². The lowest BCUT2D eigenvalue weighted by atomic mass is 10.1. The molecule has 1 atom stereocenters. The number of nitrogens with one attached hydrogen (secondary N) is 1. The van der Waals surface area contributed by atoms with E-state index in [1.807, 2.05) is 30.1 Å². The van der Waals surface area contributed by atoms with Crippen LogP contribution in [-0.2, 0) is 21.2 Å². The molecule has 1 aliphatic rings. The Bertz CT molecular complexity index is 690. The number of likely N-dealkylation sites (N-methyl/N-ethyl adjacent to an activating group) is 1. The van der Waals surface area contributed by atoms with Gasteiger partial charge in [0.25, 0.3) is 0 Å². The number of amides is 1. The van der Waals surface area contributed by atoms with Crippen LogP contribution in [-0.4, -0.2) is 64.6 Å². The highest BCUT2D eigenvalue weighted by Crippen LogP contribution is 2.31. The van der Waals surface area contributed by atoms with Crippen molar-refractivity contribution in [1.29, 1.82) is 0 Å². The molecule has 0 saturated carbocycles. The lowest BCUT2D eigenvalue weighted by Gasteiger charge is -2.20. The molecule has 1 amide bonds. The van der Waals surface area contributed by atoms with Crippen LogP contribution in [0, 0.1) is 0 Å². The van der Waals surface area contributed by atoms with Gasteiger partial charge >= 0.3 is 0 Å². The molecule has 0 spiro atoms. The van der Waals surface area contributed by atoms with E-state index in [4.69, 9.17) is 9.47 Å². The monoisotopic (exact) mass is 356 g/mol. The van der Waals surface area contributed by atoms with Gasteiger partial charge in [0, 0.05) is 18.2 Å². The zero-order valence-electron chi connectivity index (χ0n) is 14.2. The first-order valence-corrected chi connectivity index (χ1v) is 9.55. The van der Waals surface area contributed by atoms with Crippen molar-refractivity contribution in [3.63, 3.8) is 0 Å². The standard InChI is InChI=1S/C16H24N2O5S/c1-18(9-12-5-4-6-14(22-2)16(12)23-3)10-15(19)17-13-7-8-24(20,21)11-13/h4-6,13H,7-11H2,1-3H3,(H,17,19)/t13-/m0/s1. The lowest BCUT2D eigenvalue weighted by molar-refractivity contribution is -0.122. The molecule has 1 fully saturated rings. The Kier molecular flexibility index (Phi) is 6.06. The molecule has 1 N–H and O–H groups in total. The smallest absolute Gasteiger partial charge is 0.234 e. The van der Waals surface area contributed by atoms with Crippen molar-refractivity contribution in [2.45, 2.75) is 19.0 Å². The molecular formula is C16H24N2O5S. The second kappa shape index (κ2) is 7.85. The average Bonchev–Trinajstić information content (AvgIpc) is 2.85. The van der Waals surface area contributed by atoms with Gasteiger partial charge in [-0.05, 0) is 19.5 Å². The fraction of sp³-hybridized carbons (Fsp3) is 0.562. The van der Waals surface area contributed by atoms with Gasteiger partial charge in [0.2, 0.25) is 5.91 Å². The van der Waals surface area contributed by atoms with Crippen LogP contribution >= 0.6 is 0 Å². The summed E-state index contributed by atoms with van der Waals surface area (Å²) in [6.45, 7) is 0.688. The number of benzene rings is 1. The molecule has 8 heteroatoms. The fourth-order valence-corrected chi connectivity index (χ4v) is 4.53. The molecule has 1 saturated heterocycles. The Balaban J connectivity index is 1.91. The van der Waals surface area contributed by atoms with Gasteiger partial charge in [0.05, 0.1) is 32.3 Å². The first kappa shape index (κ1) is 18.5. The average molecular weight is 356 g/mol. The Hall–Kier alpha value is -1.80. The van der Waals surface area contributed by atoms with Gasteiger partial charge in [0.15, 0.2) is 21.3 Å². The first-order chi connectivity index (χ1) is 11.3. The van der Waals surface area contributed by atoms with Crippen LogP contribution < -0.4 is 14.8 Å². The molecule has 1 aliphatic heterocycles. The molecule has 24 heavy (non-hydrogen) atoms. The number of carbonyl (C=O) groups excluding carboxylic acids is 1. The minimum Gasteiger partial charge on any atom is -0.493 e. The number of ether oxygens (including phenoxy) is 2. The zero-order chi connectivity index (χ0) is 17.7. The summed E-state index contributed by atoms with van der Waals surface area (Å²) in [5.74, 6) is 1.29. The largest absolute Gasteiger partial charge is 0.493 e. The highest BCUT2D eigenvalue weighted by molar-refractivity contribution is 7.91. The summed E-state index contributed by atoms with van der Waals surface area (Å²) in [4.78, 5) is 13.9. The van der Waals surface area contributed by atoms with Gasteiger partial charge in [-0.25, -0.2) is 8.42 Å². The number of methoxy groups -OCH3 is 2. The predicted octanol–water partition coefficient (Wildman–Crippen LogP) is 0.439. The summed E-state index contributed by atoms with van der Waals surface area (Å²) in [6.07, 6.45) is 0.488. The fourth-order valence-electron chi connectivity index (χ4n) is 2.85. The first-order valence-electron chi connectivity index (χ1n) is 7.73. The number of rotatable bonds is 7. The minimum absolute atomic E-state index is 0.0339. The third-order valence-corrected chi connectivity index (χ3v) is 5.70. The Labute approximate surface area is 142 Å². The molecule has 7 nitrogen and oxygen atoms in total. The Morgan fingerprint density at radius 3 is 2.67 bits per heavy atom. The second-order valence-corrected chi connectivity index (χ2v) is 8.22. The highest BCUT2D eigenvalue weighted by atomic mass is 32.2. The van der Waals surface area contributed by atoms with Gasteiger partial charge in [-0.3, -0.25) is 9.69 Å². The number of carbonyl (C=O) groups is 1. The third-order valence-electron chi connectivity index (χ3n) is 3.94. The molecule has 1 aromatic carbocycles. The predicted molar refractivity (Wildman–Crippen MR) is 91.1 cm³/mol. The second-order valence-electron chi connectivity index (χ2n) is 5.99. The Morgan fingerprint density at radius 2 is 2.08 bits per heavy atom. The molecule has 0 unspecified atom stereocenters. The maximum atomic E-state index is 12.1. The third kappa shape index (κ3) is 4.85. The van der Waals surface area contributed by atoms with E-state index >= 15 is 0 Å². The van der Waals surface area contributed by atoms with Crippen molar-refractivity contribution < 1.29 is 22.7 Å². The van der Waals surface area contributed by atoms with Crippen LogP contribution in [0.1, 0.15) is 12.0 Å². The summed E-state index contributed by atoms with van der Waals surface area (Å²) in [5.41, 5.74) is 0.913. The van der Waals surface area contributed by atoms with E-state index in [0.717, 1.165) is 5.56 Å². The van der Waals surface area contributed by atoms with Gasteiger partial charge in [-0.1, -0.05) is 12.1 Å². The maximum Gasteiger partial charge on any atom is 0.234 e. The van der Waals surface area contributed by atoms with Crippen LogP contribution in [0.3, 0.4) is 0 Å². The molecule has 0 radical (unpaired) electrons. The van der Waals surface area contributed by atoms with Crippen LogP contribution in [0.4, 0.5) is 0 Å². The van der Waals surface area contributed by atoms with Crippen molar-refractivity contribution in [1.82, 2.24) is 10.2 Å². The van der Waals surface area contributed by atoms with E-state index in [9.17, 15) is 13.2 Å². The number of hydrogen-bond donors (Lipinski definition) is 1. The van der Waals surface area contributed by atoms with E-state index in [2.05, 4.69) is 5.32 Å². The number of sulfone groups is 1.